The number of alkyl halides is 1. The lowest BCUT2D eigenvalue weighted by molar-refractivity contribution is 0.553. The summed E-state index contributed by atoms with van der Waals surface area (Å²) in [7, 11) is 0. The Labute approximate surface area is 121 Å². The van der Waals surface area contributed by atoms with Gasteiger partial charge in [-0.1, -0.05) is 45.4 Å². The van der Waals surface area contributed by atoms with E-state index in [9.17, 15) is 0 Å². The van der Waals surface area contributed by atoms with Crippen LogP contribution in [0.3, 0.4) is 0 Å². The number of benzene rings is 1. The Bertz CT molecular complexity index is 365. The average molecular weight is 288 g/mol. The lowest BCUT2D eigenvalue weighted by Gasteiger charge is -2.29. The molecule has 0 fully saturated rings. The zero-order chi connectivity index (χ0) is 13.7. The highest BCUT2D eigenvalue weighted by atomic mass is 35.5. The summed E-state index contributed by atoms with van der Waals surface area (Å²) in [5.41, 5.74) is 2.19. The van der Waals surface area contributed by atoms with Gasteiger partial charge in [-0.05, 0) is 29.5 Å². The van der Waals surface area contributed by atoms with Gasteiger partial charge in [-0.3, -0.25) is 0 Å². The highest BCUT2D eigenvalue weighted by Crippen LogP contribution is 2.26. The number of nitrogens with zero attached hydrogens (tertiary/aromatic N) is 1. The fourth-order valence-corrected chi connectivity index (χ4v) is 2.55. The first-order valence-corrected chi connectivity index (χ1v) is 7.44. The van der Waals surface area contributed by atoms with E-state index in [1.807, 2.05) is 12.1 Å². The quantitative estimate of drug-likeness (QED) is 0.650. The summed E-state index contributed by atoms with van der Waals surface area (Å²) in [6, 6.07) is 6.18. The number of hydrogen-bond donors (Lipinski definition) is 0. The molecule has 0 atom stereocenters. The van der Waals surface area contributed by atoms with E-state index in [1.165, 1.54) is 5.69 Å². The molecule has 0 bridgehead atoms. The number of anilines is 1. The Balaban J connectivity index is 2.93. The van der Waals surface area contributed by atoms with Crippen molar-refractivity contribution in [2.45, 2.75) is 33.6 Å². The molecule has 1 rings (SSSR count). The molecular formula is C15H23Cl2N. The normalized spacial score (nSPS) is 11.3. The first-order chi connectivity index (χ1) is 8.43. The van der Waals surface area contributed by atoms with Gasteiger partial charge in [-0.2, -0.15) is 0 Å². The third kappa shape index (κ3) is 4.70. The Kier molecular flexibility index (Phi) is 6.31. The van der Waals surface area contributed by atoms with Crippen molar-refractivity contribution in [2.24, 2.45) is 11.8 Å². The van der Waals surface area contributed by atoms with E-state index in [0.29, 0.717) is 17.7 Å². The second-order valence-corrected chi connectivity index (χ2v) is 6.28. The van der Waals surface area contributed by atoms with E-state index in [-0.39, 0.29) is 0 Å². The second kappa shape index (κ2) is 7.25. The summed E-state index contributed by atoms with van der Waals surface area (Å²) in [4.78, 5) is 2.40. The van der Waals surface area contributed by atoms with Gasteiger partial charge in [0.25, 0.3) is 0 Å². The van der Waals surface area contributed by atoms with Gasteiger partial charge >= 0.3 is 0 Å². The Morgan fingerprint density at radius 2 is 1.61 bits per heavy atom. The summed E-state index contributed by atoms with van der Waals surface area (Å²) >= 11 is 12.1. The van der Waals surface area contributed by atoms with Gasteiger partial charge in [-0.15, -0.1) is 11.6 Å². The van der Waals surface area contributed by atoms with Crippen molar-refractivity contribution in [1.82, 2.24) is 0 Å². The topological polar surface area (TPSA) is 3.24 Å². The molecule has 0 heterocycles. The SMILES string of the molecule is CC(C)CN(CC(C)C)c1ccc(CCl)c(Cl)c1. The van der Waals surface area contributed by atoms with E-state index < -0.39 is 0 Å². The van der Waals surface area contributed by atoms with Gasteiger partial charge < -0.3 is 4.90 Å². The molecule has 1 nitrogen and oxygen atoms in total. The van der Waals surface area contributed by atoms with Crippen molar-refractivity contribution < 1.29 is 0 Å². The highest BCUT2D eigenvalue weighted by molar-refractivity contribution is 6.32. The monoisotopic (exact) mass is 287 g/mol. The lowest BCUT2D eigenvalue weighted by atomic mass is 10.1. The van der Waals surface area contributed by atoms with Crippen molar-refractivity contribution in [3.8, 4) is 0 Å². The average Bonchev–Trinajstić information content (AvgIpc) is 2.26. The smallest absolute Gasteiger partial charge is 0.0488 e. The number of hydrogen-bond acceptors (Lipinski definition) is 1. The molecular weight excluding hydrogens is 265 g/mol. The molecule has 0 aliphatic carbocycles. The van der Waals surface area contributed by atoms with E-state index in [1.54, 1.807) is 0 Å². The number of halogens is 2. The van der Waals surface area contributed by atoms with E-state index in [2.05, 4.69) is 38.7 Å². The Hall–Kier alpha value is -0.400. The maximum atomic E-state index is 6.24. The summed E-state index contributed by atoms with van der Waals surface area (Å²) in [5, 5.41) is 0.764. The largest absolute Gasteiger partial charge is 0.371 e. The first kappa shape index (κ1) is 15.7. The molecule has 0 aromatic heterocycles. The molecule has 0 saturated heterocycles. The van der Waals surface area contributed by atoms with Crippen LogP contribution >= 0.6 is 23.2 Å². The van der Waals surface area contributed by atoms with Crippen LogP contribution in [0, 0.1) is 11.8 Å². The summed E-state index contributed by atoms with van der Waals surface area (Å²) in [6.07, 6.45) is 0. The maximum absolute atomic E-state index is 6.24. The van der Waals surface area contributed by atoms with Crippen LogP contribution in [0.15, 0.2) is 18.2 Å². The molecule has 0 radical (unpaired) electrons. The van der Waals surface area contributed by atoms with Crippen molar-refractivity contribution in [3.63, 3.8) is 0 Å². The molecule has 1 aromatic carbocycles. The van der Waals surface area contributed by atoms with Crippen LogP contribution in [-0.4, -0.2) is 13.1 Å². The van der Waals surface area contributed by atoms with Gasteiger partial charge in [0.15, 0.2) is 0 Å². The van der Waals surface area contributed by atoms with Crippen LogP contribution in [-0.2, 0) is 5.88 Å². The molecule has 0 spiro atoms. The molecule has 0 aliphatic rings. The van der Waals surface area contributed by atoms with Crippen molar-refractivity contribution >= 4 is 28.9 Å². The molecule has 0 aliphatic heterocycles. The van der Waals surface area contributed by atoms with Gasteiger partial charge in [-0.25, -0.2) is 0 Å². The molecule has 0 saturated carbocycles. The van der Waals surface area contributed by atoms with Crippen LogP contribution < -0.4 is 4.90 Å². The third-order valence-electron chi connectivity index (χ3n) is 2.72. The fraction of sp³-hybridized carbons (Fsp3) is 0.600. The number of rotatable bonds is 6. The predicted molar refractivity (Wildman–Crippen MR) is 82.9 cm³/mol. The van der Waals surface area contributed by atoms with E-state index >= 15 is 0 Å². The van der Waals surface area contributed by atoms with E-state index in [0.717, 1.165) is 23.7 Å². The first-order valence-electron chi connectivity index (χ1n) is 6.53. The Morgan fingerprint density at radius 3 is 2.00 bits per heavy atom. The second-order valence-electron chi connectivity index (χ2n) is 5.60. The van der Waals surface area contributed by atoms with Crippen molar-refractivity contribution in [1.29, 1.82) is 0 Å². The van der Waals surface area contributed by atoms with E-state index in [4.69, 9.17) is 23.2 Å². The minimum atomic E-state index is 0.466. The van der Waals surface area contributed by atoms with Crippen LogP contribution in [0.2, 0.25) is 5.02 Å². The Morgan fingerprint density at radius 1 is 1.06 bits per heavy atom. The lowest BCUT2D eigenvalue weighted by Crippen LogP contribution is -2.31. The van der Waals surface area contributed by atoms with Gasteiger partial charge in [0.1, 0.15) is 0 Å². The highest BCUT2D eigenvalue weighted by Gasteiger charge is 2.12. The fourth-order valence-electron chi connectivity index (χ4n) is 2.01. The maximum Gasteiger partial charge on any atom is 0.0488 e. The molecule has 0 N–H and O–H groups in total. The molecule has 0 amide bonds. The predicted octanol–water partition coefficient (Wildman–Crippen LogP) is 5.20. The molecule has 102 valence electrons. The summed E-state index contributed by atoms with van der Waals surface area (Å²) in [6.45, 7) is 11.1. The minimum Gasteiger partial charge on any atom is -0.371 e. The molecule has 1 aromatic rings. The van der Waals surface area contributed by atoms with Crippen LogP contribution in [0.1, 0.15) is 33.3 Å². The zero-order valence-electron chi connectivity index (χ0n) is 11.7. The minimum absolute atomic E-state index is 0.466. The van der Waals surface area contributed by atoms with Gasteiger partial charge in [0.05, 0.1) is 0 Å². The summed E-state index contributed by atoms with van der Waals surface area (Å²) < 4.78 is 0. The van der Waals surface area contributed by atoms with Crippen LogP contribution in [0.4, 0.5) is 5.69 Å². The van der Waals surface area contributed by atoms with Gasteiger partial charge in [0, 0.05) is 29.7 Å². The third-order valence-corrected chi connectivity index (χ3v) is 3.36. The zero-order valence-corrected chi connectivity index (χ0v) is 13.2. The standard InChI is InChI=1S/C15H23Cl2N/c1-11(2)9-18(10-12(3)4)14-6-5-13(8-16)15(17)7-14/h5-7,11-12H,8-10H2,1-4H3. The van der Waals surface area contributed by atoms with Crippen LogP contribution in [0.5, 0.6) is 0 Å². The summed E-state index contributed by atoms with van der Waals surface area (Å²) in [5.74, 6) is 1.73. The van der Waals surface area contributed by atoms with Gasteiger partial charge in [0.2, 0.25) is 0 Å². The van der Waals surface area contributed by atoms with Crippen LogP contribution in [0.25, 0.3) is 0 Å². The molecule has 0 unspecified atom stereocenters. The van der Waals surface area contributed by atoms with Crippen molar-refractivity contribution in [2.75, 3.05) is 18.0 Å². The van der Waals surface area contributed by atoms with Crippen molar-refractivity contribution in [3.05, 3.63) is 28.8 Å². The molecule has 3 heteroatoms. The molecule has 18 heavy (non-hydrogen) atoms.